The second-order valence-electron chi connectivity index (χ2n) is 18.5. The van der Waals surface area contributed by atoms with Crippen molar-refractivity contribution in [2.75, 3.05) is 39.3 Å². The molecule has 0 bridgehead atoms. The molecule has 7 amide bonds. The standard InChI is InChI=1S/C28H38N4O6.C19H26N4O3.C9H13ClO3/c1-5-18-29-24(34)12-15-28(16-13-25(35)30-19-6-2,17-14-26(36)31-20-7-3)32-27(37)22-8-10-23(11-9-22)38-21(4)33;1-4-13-21-16(24)7-10-19(20,11-8-17(25)22-14-5-2)12-9-18(26)23-15-6-3;1-6(11)13-8-4-2-7(3-5-8)9(10)12/h1-3,22-23H,8-20H2,4H3,(H,29,34)(H,30,35)(H,31,36)(H,32,37);1-3H,7-15,20H2,(H,21,24)(H,22,25)(H,23,26);7-8H,2-5H2,1H3. The molecule has 2 rings (SSSR count). The van der Waals surface area contributed by atoms with Crippen molar-refractivity contribution in [3.8, 4) is 74.1 Å². The van der Waals surface area contributed by atoms with Crippen LogP contribution in [0.1, 0.15) is 142 Å². The van der Waals surface area contributed by atoms with E-state index in [1.54, 1.807) is 0 Å². The summed E-state index contributed by atoms with van der Waals surface area (Å²) in [6, 6.07) is 0. The lowest BCUT2D eigenvalue weighted by molar-refractivity contribution is -0.149. The highest BCUT2D eigenvalue weighted by atomic mass is 35.5. The third-order valence-electron chi connectivity index (χ3n) is 12.5. The van der Waals surface area contributed by atoms with Crippen molar-refractivity contribution < 1.29 is 57.4 Å². The van der Waals surface area contributed by atoms with E-state index in [1.165, 1.54) is 13.8 Å². The second-order valence-corrected chi connectivity index (χ2v) is 18.9. The monoisotopic (exact) mass is 1090 g/mol. The van der Waals surface area contributed by atoms with Crippen LogP contribution in [0.2, 0.25) is 0 Å². The number of rotatable bonds is 29. The molecular formula is C56H77ClN8O12. The van der Waals surface area contributed by atoms with Crippen LogP contribution in [-0.4, -0.2) is 121 Å². The van der Waals surface area contributed by atoms with E-state index in [0.717, 1.165) is 25.7 Å². The number of terminal acetylenes is 6. The zero-order valence-electron chi connectivity index (χ0n) is 44.5. The minimum absolute atomic E-state index is 0.00948. The third-order valence-corrected chi connectivity index (χ3v) is 12.8. The Morgan fingerprint density at radius 1 is 0.442 bits per heavy atom. The van der Waals surface area contributed by atoms with Crippen molar-refractivity contribution >= 4 is 70.1 Å². The first kappa shape index (κ1) is 69.5. The summed E-state index contributed by atoms with van der Waals surface area (Å²) >= 11 is 5.36. The zero-order chi connectivity index (χ0) is 58.1. The Hall–Kier alpha value is -7.49. The van der Waals surface area contributed by atoms with Gasteiger partial charge >= 0.3 is 11.9 Å². The molecule has 0 aromatic carbocycles. The van der Waals surface area contributed by atoms with Crippen LogP contribution in [0.25, 0.3) is 0 Å². The zero-order valence-corrected chi connectivity index (χ0v) is 45.3. The van der Waals surface area contributed by atoms with Gasteiger partial charge in [0.25, 0.3) is 0 Å². The molecule has 0 saturated heterocycles. The predicted molar refractivity (Wildman–Crippen MR) is 290 cm³/mol. The second kappa shape index (κ2) is 40.8. The summed E-state index contributed by atoms with van der Waals surface area (Å²) in [6.07, 6.45) is 37.9. The number of halogens is 1. The van der Waals surface area contributed by atoms with Crippen molar-refractivity contribution in [3.05, 3.63) is 0 Å². The number of hydrogen-bond acceptors (Lipinski definition) is 13. The number of hydrogen-bond donors (Lipinski definition) is 8. The van der Waals surface area contributed by atoms with Gasteiger partial charge in [0.2, 0.25) is 46.6 Å². The molecule has 0 aromatic heterocycles. The van der Waals surface area contributed by atoms with E-state index in [9.17, 15) is 47.9 Å². The summed E-state index contributed by atoms with van der Waals surface area (Å²) in [5.74, 6) is 11.1. The average Bonchev–Trinajstić information content (AvgIpc) is 3.40. The SMILES string of the molecule is C#CCNC(=O)CCC(CCC(=O)NCC#C)(CCC(=O)NCC#C)NC(=O)C1CCC(OC(C)=O)CC1.C#CCNC(=O)CCC(N)(CCC(=O)NCC#C)CCC(=O)NCC#C.CC(=O)OC1CCC(C(=O)Cl)CC1. The highest BCUT2D eigenvalue weighted by Gasteiger charge is 2.37. The molecule has 9 N–H and O–H groups in total. The number of amides is 7. The van der Waals surface area contributed by atoms with Gasteiger partial charge in [-0.15, -0.1) is 38.5 Å². The fraction of sp³-hybridized carbons (Fsp3) is 0.607. The van der Waals surface area contributed by atoms with Gasteiger partial charge in [0, 0.05) is 75.3 Å². The highest BCUT2D eigenvalue weighted by Crippen LogP contribution is 2.31. The smallest absolute Gasteiger partial charge is 0.302 e. The molecule has 0 radical (unpaired) electrons. The van der Waals surface area contributed by atoms with Gasteiger partial charge in [-0.3, -0.25) is 47.9 Å². The lowest BCUT2D eigenvalue weighted by atomic mass is 9.81. The van der Waals surface area contributed by atoms with Gasteiger partial charge in [-0.25, -0.2) is 0 Å². The van der Waals surface area contributed by atoms with E-state index in [2.05, 4.69) is 72.7 Å². The van der Waals surface area contributed by atoms with Crippen LogP contribution in [0, 0.1) is 85.9 Å². The minimum atomic E-state index is -1.03. The first-order chi connectivity index (χ1) is 36.6. The Balaban J connectivity index is 0.00000127. The molecule has 0 aromatic rings. The summed E-state index contributed by atoms with van der Waals surface area (Å²) < 4.78 is 10.3. The van der Waals surface area contributed by atoms with E-state index >= 15 is 0 Å². The summed E-state index contributed by atoms with van der Waals surface area (Å²) in [5.41, 5.74) is 4.49. The fourth-order valence-corrected chi connectivity index (χ4v) is 8.41. The Bertz CT molecular complexity index is 2060. The van der Waals surface area contributed by atoms with Crippen LogP contribution in [0.5, 0.6) is 0 Å². The molecule has 420 valence electrons. The van der Waals surface area contributed by atoms with Gasteiger partial charge in [-0.2, -0.15) is 0 Å². The maximum absolute atomic E-state index is 13.4. The number of nitrogens with one attached hydrogen (secondary N) is 7. The van der Waals surface area contributed by atoms with Gasteiger partial charge in [0.1, 0.15) is 12.2 Å². The molecule has 0 aliphatic heterocycles. The Morgan fingerprint density at radius 3 is 0.922 bits per heavy atom. The Morgan fingerprint density at radius 2 is 0.688 bits per heavy atom. The molecule has 0 spiro atoms. The van der Waals surface area contributed by atoms with Crippen molar-refractivity contribution in [3.63, 3.8) is 0 Å². The van der Waals surface area contributed by atoms with E-state index in [-0.39, 0.29) is 180 Å². The van der Waals surface area contributed by atoms with Crippen LogP contribution in [0.4, 0.5) is 0 Å². The Kier molecular flexibility index (Phi) is 36.8. The van der Waals surface area contributed by atoms with Gasteiger partial charge < -0.3 is 52.4 Å². The molecule has 77 heavy (non-hydrogen) atoms. The van der Waals surface area contributed by atoms with Crippen molar-refractivity contribution in [1.29, 1.82) is 0 Å². The quantitative estimate of drug-likeness (QED) is 0.0301. The fourth-order valence-electron chi connectivity index (χ4n) is 8.19. The van der Waals surface area contributed by atoms with Crippen LogP contribution in [-0.2, 0) is 57.4 Å². The van der Waals surface area contributed by atoms with E-state index in [4.69, 9.17) is 65.3 Å². The van der Waals surface area contributed by atoms with Crippen LogP contribution in [0.15, 0.2) is 0 Å². The van der Waals surface area contributed by atoms with Gasteiger partial charge in [0.15, 0.2) is 0 Å². The number of carbonyl (C=O) groups is 10. The molecule has 20 nitrogen and oxygen atoms in total. The molecule has 0 heterocycles. The van der Waals surface area contributed by atoms with Gasteiger partial charge in [-0.05, 0) is 101 Å². The largest absolute Gasteiger partial charge is 0.463 e. The Labute approximate surface area is 459 Å². The minimum Gasteiger partial charge on any atom is -0.463 e. The number of carbonyl (C=O) groups excluding carboxylic acids is 10. The molecule has 2 aliphatic carbocycles. The normalized spacial score (nSPS) is 16.2. The molecule has 2 aliphatic rings. The topological polar surface area (TPSA) is 299 Å². The summed E-state index contributed by atoms with van der Waals surface area (Å²) in [6.45, 7) is 3.36. The van der Waals surface area contributed by atoms with Gasteiger partial charge in [-0.1, -0.05) is 35.5 Å². The van der Waals surface area contributed by atoms with E-state index in [0.29, 0.717) is 44.9 Å². The average molecular weight is 1090 g/mol. The van der Waals surface area contributed by atoms with Crippen LogP contribution >= 0.6 is 11.6 Å². The molecule has 2 saturated carbocycles. The molecule has 0 unspecified atom stereocenters. The number of ether oxygens (including phenoxy) is 2. The highest BCUT2D eigenvalue weighted by molar-refractivity contribution is 6.64. The van der Waals surface area contributed by atoms with Crippen molar-refractivity contribution in [2.24, 2.45) is 17.6 Å². The number of nitrogens with two attached hydrogens (primary N) is 1. The lowest BCUT2D eigenvalue weighted by Gasteiger charge is -2.37. The third kappa shape index (κ3) is 34.7. The first-order valence-electron chi connectivity index (χ1n) is 25.5. The van der Waals surface area contributed by atoms with Crippen LogP contribution in [0.3, 0.4) is 0 Å². The molecular weight excluding hydrogens is 1010 g/mol. The van der Waals surface area contributed by atoms with E-state index in [1.807, 2.05) is 0 Å². The summed E-state index contributed by atoms with van der Waals surface area (Å²) in [4.78, 5) is 118. The summed E-state index contributed by atoms with van der Waals surface area (Å²) in [5, 5.41) is 18.3. The number of esters is 2. The van der Waals surface area contributed by atoms with Crippen LogP contribution < -0.4 is 43.0 Å². The van der Waals surface area contributed by atoms with Gasteiger partial charge in [0.05, 0.1) is 39.3 Å². The molecule has 21 heteroatoms. The van der Waals surface area contributed by atoms with E-state index < -0.39 is 11.1 Å². The maximum Gasteiger partial charge on any atom is 0.302 e. The lowest BCUT2D eigenvalue weighted by Crippen LogP contribution is -2.52. The summed E-state index contributed by atoms with van der Waals surface area (Å²) in [7, 11) is 0. The van der Waals surface area contributed by atoms with Crippen molar-refractivity contribution in [1.82, 2.24) is 37.2 Å². The molecule has 0 atom stereocenters. The van der Waals surface area contributed by atoms with Crippen molar-refractivity contribution in [2.45, 2.75) is 166 Å². The first-order valence-corrected chi connectivity index (χ1v) is 25.8. The predicted octanol–water partition coefficient (Wildman–Crippen LogP) is 1.70. The molecule has 2 fully saturated rings. The maximum atomic E-state index is 13.4.